The predicted octanol–water partition coefficient (Wildman–Crippen LogP) is 3.54. The van der Waals surface area contributed by atoms with Gasteiger partial charge in [0.1, 0.15) is 0 Å². The van der Waals surface area contributed by atoms with E-state index in [0.29, 0.717) is 25.9 Å². The van der Waals surface area contributed by atoms with Crippen molar-refractivity contribution in [3.05, 3.63) is 44.8 Å². The van der Waals surface area contributed by atoms with Crippen LogP contribution in [-0.2, 0) is 22.4 Å². The highest BCUT2D eigenvalue weighted by Gasteiger charge is 2.26. The summed E-state index contributed by atoms with van der Waals surface area (Å²) in [4.78, 5) is 30.5. The van der Waals surface area contributed by atoms with Gasteiger partial charge in [0.25, 0.3) is 0 Å². The first-order valence-electron chi connectivity index (χ1n) is 8.29. The summed E-state index contributed by atoms with van der Waals surface area (Å²) in [5.74, 6) is 0.228. The second kappa shape index (κ2) is 8.63. The molecular formula is C19H26N2O2S2. The maximum atomic E-state index is 12.4. The Balaban J connectivity index is 1.84. The van der Waals surface area contributed by atoms with Crippen molar-refractivity contribution in [1.82, 2.24) is 9.80 Å². The molecule has 0 aliphatic carbocycles. The average Bonchev–Trinajstić information content (AvgIpc) is 3.19. The summed E-state index contributed by atoms with van der Waals surface area (Å²) in [5.41, 5.74) is -0.167. The topological polar surface area (TPSA) is 40.6 Å². The molecule has 136 valence electrons. The summed E-state index contributed by atoms with van der Waals surface area (Å²) in [6, 6.07) is 7.90. The number of rotatable bonds is 8. The SMILES string of the molecule is CN(CC(C)(C)CN(C)C(=O)Cc1cccs1)C(=O)Cc1cccs1. The molecule has 2 aromatic heterocycles. The quantitative estimate of drug-likeness (QED) is 0.705. The molecule has 0 spiro atoms. The van der Waals surface area contributed by atoms with Crippen molar-refractivity contribution in [3.8, 4) is 0 Å². The van der Waals surface area contributed by atoms with Gasteiger partial charge in [-0.2, -0.15) is 0 Å². The lowest BCUT2D eigenvalue weighted by atomic mass is 9.92. The third kappa shape index (κ3) is 6.29. The van der Waals surface area contributed by atoms with Crippen LogP contribution in [-0.4, -0.2) is 48.8 Å². The summed E-state index contributed by atoms with van der Waals surface area (Å²) >= 11 is 3.21. The van der Waals surface area contributed by atoms with Gasteiger partial charge < -0.3 is 9.80 Å². The minimum absolute atomic E-state index is 0.114. The zero-order valence-electron chi connectivity index (χ0n) is 15.3. The lowest BCUT2D eigenvalue weighted by Gasteiger charge is -2.34. The molecule has 0 radical (unpaired) electrons. The summed E-state index contributed by atoms with van der Waals surface area (Å²) < 4.78 is 0. The summed E-state index contributed by atoms with van der Waals surface area (Å²) in [5, 5.41) is 3.97. The Morgan fingerprint density at radius 3 is 1.60 bits per heavy atom. The second-order valence-electron chi connectivity index (χ2n) is 7.18. The Hall–Kier alpha value is -1.66. The number of hydrogen-bond donors (Lipinski definition) is 0. The van der Waals surface area contributed by atoms with E-state index < -0.39 is 0 Å². The smallest absolute Gasteiger partial charge is 0.227 e. The molecule has 2 aromatic rings. The van der Waals surface area contributed by atoms with E-state index in [4.69, 9.17) is 0 Å². The Bertz CT molecular complexity index is 620. The molecular weight excluding hydrogens is 352 g/mol. The van der Waals surface area contributed by atoms with E-state index in [-0.39, 0.29) is 17.2 Å². The first-order valence-corrected chi connectivity index (χ1v) is 10.1. The zero-order valence-corrected chi connectivity index (χ0v) is 17.0. The fraction of sp³-hybridized carbons (Fsp3) is 0.474. The summed E-state index contributed by atoms with van der Waals surface area (Å²) in [6.07, 6.45) is 0.884. The first-order chi connectivity index (χ1) is 11.8. The van der Waals surface area contributed by atoms with Crippen LogP contribution in [0, 0.1) is 5.41 Å². The van der Waals surface area contributed by atoms with E-state index in [0.717, 1.165) is 9.75 Å². The average molecular weight is 379 g/mol. The Morgan fingerprint density at radius 2 is 1.28 bits per heavy atom. The molecule has 0 bridgehead atoms. The fourth-order valence-corrected chi connectivity index (χ4v) is 4.30. The molecule has 2 rings (SSSR count). The first kappa shape index (κ1) is 19.7. The highest BCUT2D eigenvalue weighted by Crippen LogP contribution is 2.20. The molecule has 0 saturated carbocycles. The lowest BCUT2D eigenvalue weighted by Crippen LogP contribution is -2.44. The van der Waals surface area contributed by atoms with E-state index in [1.807, 2.05) is 49.1 Å². The number of thiophene rings is 2. The van der Waals surface area contributed by atoms with E-state index in [1.165, 1.54) is 0 Å². The third-order valence-corrected chi connectivity index (χ3v) is 5.75. The standard InChI is InChI=1S/C19H26N2O2S2/c1-19(2,13-20(3)17(22)11-15-7-5-9-24-15)14-21(4)18(23)12-16-8-6-10-25-16/h5-10H,11-14H2,1-4H3. The van der Waals surface area contributed by atoms with Crippen LogP contribution in [0.1, 0.15) is 23.6 Å². The van der Waals surface area contributed by atoms with Crippen LogP contribution in [0.5, 0.6) is 0 Å². The summed E-state index contributed by atoms with van der Waals surface area (Å²) in [7, 11) is 3.68. The monoisotopic (exact) mass is 378 g/mol. The molecule has 0 aliphatic heterocycles. The minimum atomic E-state index is -0.167. The Morgan fingerprint density at radius 1 is 0.880 bits per heavy atom. The Kier molecular flexibility index (Phi) is 6.79. The molecule has 4 nitrogen and oxygen atoms in total. The van der Waals surface area contributed by atoms with Gasteiger partial charge in [0.15, 0.2) is 0 Å². The van der Waals surface area contributed by atoms with Crippen LogP contribution >= 0.6 is 22.7 Å². The third-order valence-electron chi connectivity index (χ3n) is 3.99. The molecule has 0 aliphatic rings. The zero-order chi connectivity index (χ0) is 18.4. The van der Waals surface area contributed by atoms with Crippen LogP contribution in [0.4, 0.5) is 0 Å². The fourth-order valence-electron chi connectivity index (χ4n) is 2.90. The van der Waals surface area contributed by atoms with Crippen molar-refractivity contribution in [3.63, 3.8) is 0 Å². The predicted molar refractivity (Wildman–Crippen MR) is 105 cm³/mol. The van der Waals surface area contributed by atoms with Crippen molar-refractivity contribution in [2.24, 2.45) is 5.41 Å². The largest absolute Gasteiger partial charge is 0.345 e. The van der Waals surface area contributed by atoms with Gasteiger partial charge in [-0.1, -0.05) is 26.0 Å². The number of hydrogen-bond acceptors (Lipinski definition) is 4. The molecule has 6 heteroatoms. The molecule has 0 N–H and O–H groups in total. The second-order valence-corrected chi connectivity index (χ2v) is 9.24. The van der Waals surface area contributed by atoms with E-state index >= 15 is 0 Å². The number of carbonyl (C=O) groups excluding carboxylic acids is 2. The summed E-state index contributed by atoms with van der Waals surface area (Å²) in [6.45, 7) is 5.43. The van der Waals surface area contributed by atoms with Crippen molar-refractivity contribution >= 4 is 34.5 Å². The molecule has 25 heavy (non-hydrogen) atoms. The van der Waals surface area contributed by atoms with Crippen molar-refractivity contribution in [1.29, 1.82) is 0 Å². The van der Waals surface area contributed by atoms with Crippen LogP contribution < -0.4 is 0 Å². The van der Waals surface area contributed by atoms with Crippen molar-refractivity contribution < 1.29 is 9.59 Å². The molecule has 0 aromatic carbocycles. The maximum Gasteiger partial charge on any atom is 0.227 e. The molecule has 0 atom stereocenters. The van der Waals surface area contributed by atoms with Gasteiger partial charge in [0.2, 0.25) is 11.8 Å². The normalized spacial score (nSPS) is 11.4. The van der Waals surface area contributed by atoms with Crippen LogP contribution in [0.3, 0.4) is 0 Å². The highest BCUT2D eigenvalue weighted by molar-refractivity contribution is 7.10. The van der Waals surface area contributed by atoms with Gasteiger partial charge in [0.05, 0.1) is 12.8 Å². The molecule has 0 unspecified atom stereocenters. The molecule has 2 amide bonds. The Labute approximate surface area is 158 Å². The van der Waals surface area contributed by atoms with Gasteiger partial charge in [-0.15, -0.1) is 22.7 Å². The van der Waals surface area contributed by atoms with E-state index in [2.05, 4.69) is 13.8 Å². The van der Waals surface area contributed by atoms with Crippen molar-refractivity contribution in [2.75, 3.05) is 27.2 Å². The number of nitrogens with zero attached hydrogens (tertiary/aromatic N) is 2. The number of likely N-dealkylation sites (N-methyl/N-ethyl adjacent to an activating group) is 2. The number of carbonyl (C=O) groups is 2. The van der Waals surface area contributed by atoms with E-state index in [9.17, 15) is 9.59 Å². The van der Waals surface area contributed by atoms with Crippen LogP contribution in [0.25, 0.3) is 0 Å². The highest BCUT2D eigenvalue weighted by atomic mass is 32.1. The van der Waals surface area contributed by atoms with Crippen LogP contribution in [0.2, 0.25) is 0 Å². The molecule has 0 saturated heterocycles. The number of amides is 2. The van der Waals surface area contributed by atoms with Gasteiger partial charge >= 0.3 is 0 Å². The lowest BCUT2D eigenvalue weighted by molar-refractivity contribution is -0.132. The van der Waals surface area contributed by atoms with Gasteiger partial charge in [-0.3, -0.25) is 9.59 Å². The van der Waals surface area contributed by atoms with E-state index in [1.54, 1.807) is 32.5 Å². The van der Waals surface area contributed by atoms with Crippen molar-refractivity contribution in [2.45, 2.75) is 26.7 Å². The minimum Gasteiger partial charge on any atom is -0.345 e. The molecule has 2 heterocycles. The maximum absolute atomic E-state index is 12.4. The van der Waals surface area contributed by atoms with Crippen LogP contribution in [0.15, 0.2) is 35.0 Å². The molecule has 0 fully saturated rings. The van der Waals surface area contributed by atoms with Gasteiger partial charge in [-0.05, 0) is 28.3 Å². The van der Waals surface area contributed by atoms with Gasteiger partial charge in [0, 0.05) is 36.9 Å². The van der Waals surface area contributed by atoms with Gasteiger partial charge in [-0.25, -0.2) is 0 Å².